The van der Waals surface area contributed by atoms with Crippen molar-refractivity contribution < 1.29 is 4.79 Å². The highest BCUT2D eigenvalue weighted by atomic mass is 35.5. The van der Waals surface area contributed by atoms with Gasteiger partial charge in [0.1, 0.15) is 6.33 Å². The zero-order valence-electron chi connectivity index (χ0n) is 11.1. The van der Waals surface area contributed by atoms with Gasteiger partial charge in [0.15, 0.2) is 5.78 Å². The largest absolute Gasteiger partial charge is 0.298 e. The topological polar surface area (TPSA) is 63.9 Å². The summed E-state index contributed by atoms with van der Waals surface area (Å²) in [5.74, 6) is 0.152. The Morgan fingerprint density at radius 2 is 2.29 bits per heavy atom. The molecular formula is C13H13Cl2N5O. The van der Waals surface area contributed by atoms with E-state index < -0.39 is 0 Å². The highest BCUT2D eigenvalue weighted by molar-refractivity contribution is 6.30. The number of hydrogen-bond donors (Lipinski definition) is 0. The molecule has 1 saturated heterocycles. The molecule has 0 amide bonds. The molecule has 0 spiro atoms. The maximum absolute atomic E-state index is 12.1. The minimum atomic E-state index is -0.151. The Morgan fingerprint density at radius 1 is 1.43 bits per heavy atom. The maximum Gasteiger partial charge on any atom is 0.151 e. The molecule has 0 aliphatic carbocycles. The molecule has 2 heterocycles. The van der Waals surface area contributed by atoms with Crippen LogP contribution in [-0.2, 0) is 11.2 Å². The lowest BCUT2D eigenvalue weighted by Gasteiger charge is -2.33. The molecule has 1 aliphatic heterocycles. The quantitative estimate of drug-likeness (QED) is 0.787. The second-order valence-corrected chi connectivity index (χ2v) is 5.79. The first kappa shape index (κ1) is 14.4. The van der Waals surface area contributed by atoms with Gasteiger partial charge < -0.3 is 0 Å². The molecule has 8 heteroatoms. The molecule has 110 valence electrons. The summed E-state index contributed by atoms with van der Waals surface area (Å²) in [7, 11) is 0. The lowest BCUT2D eigenvalue weighted by Crippen LogP contribution is -2.46. The SMILES string of the molecule is O=C(CCc1cc(Cl)ccc1-n1cnnn1)[C@@H]1CCN1Cl. The van der Waals surface area contributed by atoms with E-state index in [9.17, 15) is 4.79 Å². The molecule has 3 rings (SSSR count). The van der Waals surface area contributed by atoms with E-state index in [-0.39, 0.29) is 11.8 Å². The lowest BCUT2D eigenvalue weighted by molar-refractivity contribution is -0.125. The predicted molar refractivity (Wildman–Crippen MR) is 78.5 cm³/mol. The van der Waals surface area contributed by atoms with E-state index in [4.69, 9.17) is 23.4 Å². The van der Waals surface area contributed by atoms with Gasteiger partial charge in [0.2, 0.25) is 0 Å². The van der Waals surface area contributed by atoms with Crippen LogP contribution in [0.25, 0.3) is 5.69 Å². The van der Waals surface area contributed by atoms with Gasteiger partial charge in [-0.1, -0.05) is 11.6 Å². The standard InChI is InChI=1S/C13H13Cl2N5O/c14-10-2-3-11(20-8-16-17-18-20)9(7-10)1-4-13(21)12-5-6-19(12)15/h2-3,7-8,12H,1,4-6H2/t12-/m0/s1. The smallest absolute Gasteiger partial charge is 0.151 e. The van der Waals surface area contributed by atoms with Gasteiger partial charge in [-0.2, -0.15) is 0 Å². The van der Waals surface area contributed by atoms with E-state index in [1.165, 1.54) is 6.33 Å². The van der Waals surface area contributed by atoms with Crippen LogP contribution in [0.5, 0.6) is 0 Å². The van der Waals surface area contributed by atoms with Gasteiger partial charge >= 0.3 is 0 Å². The van der Waals surface area contributed by atoms with Crippen LogP contribution in [0.15, 0.2) is 24.5 Å². The van der Waals surface area contributed by atoms with Crippen LogP contribution in [0.4, 0.5) is 0 Å². The minimum Gasteiger partial charge on any atom is -0.298 e. The number of nitrogens with zero attached hydrogens (tertiary/aromatic N) is 5. The molecule has 6 nitrogen and oxygen atoms in total. The summed E-state index contributed by atoms with van der Waals surface area (Å²) in [5.41, 5.74) is 1.76. The number of aryl methyl sites for hydroxylation is 1. The zero-order valence-corrected chi connectivity index (χ0v) is 12.6. The molecule has 1 fully saturated rings. The second kappa shape index (κ2) is 6.09. The van der Waals surface area contributed by atoms with Crippen LogP contribution >= 0.6 is 23.4 Å². The number of carbonyl (C=O) groups is 1. The number of carbonyl (C=O) groups excluding carboxylic acids is 1. The van der Waals surface area contributed by atoms with Gasteiger partial charge in [-0.25, -0.2) is 9.10 Å². The van der Waals surface area contributed by atoms with Crippen molar-refractivity contribution in [2.45, 2.75) is 25.3 Å². The molecule has 1 atom stereocenters. The third-order valence-corrected chi connectivity index (χ3v) is 4.24. The number of Topliss-reactive ketones (excluding diaryl/α,β-unsaturated/α-hetero) is 1. The van der Waals surface area contributed by atoms with Crippen molar-refractivity contribution in [2.24, 2.45) is 0 Å². The molecule has 0 N–H and O–H groups in total. The summed E-state index contributed by atoms with van der Waals surface area (Å²) in [6.07, 6.45) is 3.35. The first-order valence-corrected chi connectivity index (χ1v) is 7.33. The molecule has 0 saturated carbocycles. The average Bonchev–Trinajstić information content (AvgIpc) is 2.97. The van der Waals surface area contributed by atoms with Gasteiger partial charge in [0.05, 0.1) is 11.7 Å². The molecule has 0 unspecified atom stereocenters. The molecule has 1 aromatic carbocycles. The van der Waals surface area contributed by atoms with Gasteiger partial charge in [-0.15, -0.1) is 5.10 Å². The van der Waals surface area contributed by atoms with Crippen LogP contribution in [0.1, 0.15) is 18.4 Å². The molecule has 1 aromatic heterocycles. The van der Waals surface area contributed by atoms with E-state index >= 15 is 0 Å². The van der Waals surface area contributed by atoms with Crippen molar-refractivity contribution in [2.75, 3.05) is 6.54 Å². The number of tetrazole rings is 1. The van der Waals surface area contributed by atoms with E-state index in [1.54, 1.807) is 15.2 Å². The van der Waals surface area contributed by atoms with Gasteiger partial charge in [-0.3, -0.25) is 4.79 Å². The van der Waals surface area contributed by atoms with Gasteiger partial charge in [0, 0.05) is 18.0 Å². The maximum atomic E-state index is 12.1. The van der Waals surface area contributed by atoms with Gasteiger partial charge in [-0.05, 0) is 58.8 Å². The highest BCUT2D eigenvalue weighted by Gasteiger charge is 2.32. The molecular weight excluding hydrogens is 313 g/mol. The summed E-state index contributed by atoms with van der Waals surface area (Å²) < 4.78 is 3.12. The summed E-state index contributed by atoms with van der Waals surface area (Å²) in [4.78, 5) is 12.1. The fourth-order valence-electron chi connectivity index (χ4n) is 2.35. The molecule has 2 aromatic rings. The summed E-state index contributed by atoms with van der Waals surface area (Å²) in [5, 5.41) is 11.8. The van der Waals surface area contributed by atoms with E-state index in [0.717, 1.165) is 24.2 Å². The van der Waals surface area contributed by atoms with Crippen LogP contribution in [0.2, 0.25) is 5.02 Å². The summed E-state index contributed by atoms with van der Waals surface area (Å²) in [6, 6.07) is 5.30. The number of hydrogen-bond acceptors (Lipinski definition) is 5. The fourth-order valence-corrected chi connectivity index (χ4v) is 2.85. The van der Waals surface area contributed by atoms with Crippen LogP contribution < -0.4 is 0 Å². The van der Waals surface area contributed by atoms with Crippen LogP contribution in [0.3, 0.4) is 0 Å². The Kier molecular flexibility index (Phi) is 4.19. The van der Waals surface area contributed by atoms with Crippen molar-refractivity contribution >= 4 is 29.2 Å². The van der Waals surface area contributed by atoms with E-state index in [2.05, 4.69) is 15.5 Å². The average molecular weight is 326 g/mol. The third kappa shape index (κ3) is 3.07. The van der Waals surface area contributed by atoms with Crippen LogP contribution in [-0.4, -0.2) is 43.0 Å². The molecule has 21 heavy (non-hydrogen) atoms. The summed E-state index contributed by atoms with van der Waals surface area (Å²) in [6.45, 7) is 0.769. The number of aromatic nitrogens is 4. The number of ketones is 1. The van der Waals surface area contributed by atoms with Crippen molar-refractivity contribution in [1.82, 2.24) is 24.6 Å². The molecule has 0 bridgehead atoms. The van der Waals surface area contributed by atoms with Crippen molar-refractivity contribution in [3.05, 3.63) is 35.1 Å². The first-order valence-electron chi connectivity index (χ1n) is 6.62. The summed E-state index contributed by atoms with van der Waals surface area (Å²) >= 11 is 11.9. The Bertz CT molecular complexity index is 646. The Balaban J connectivity index is 1.75. The predicted octanol–water partition coefficient (Wildman–Crippen LogP) is 2.05. The monoisotopic (exact) mass is 325 g/mol. The highest BCUT2D eigenvalue weighted by Crippen LogP contribution is 2.24. The minimum absolute atomic E-state index is 0.151. The lowest BCUT2D eigenvalue weighted by atomic mass is 9.96. The number of halogens is 2. The van der Waals surface area contributed by atoms with Gasteiger partial charge in [0.25, 0.3) is 0 Å². The Labute approximate surface area is 131 Å². The third-order valence-electron chi connectivity index (χ3n) is 3.60. The fraction of sp³-hybridized carbons (Fsp3) is 0.385. The molecule has 0 radical (unpaired) electrons. The number of rotatable bonds is 5. The normalized spacial score (nSPS) is 18.5. The Hall–Kier alpha value is -1.50. The van der Waals surface area contributed by atoms with E-state index in [1.807, 2.05) is 12.1 Å². The Morgan fingerprint density at radius 3 is 2.90 bits per heavy atom. The zero-order chi connectivity index (χ0) is 14.8. The van der Waals surface area contributed by atoms with Crippen molar-refractivity contribution in [3.63, 3.8) is 0 Å². The number of benzene rings is 1. The van der Waals surface area contributed by atoms with E-state index in [0.29, 0.717) is 17.9 Å². The molecule has 1 aliphatic rings. The second-order valence-electron chi connectivity index (χ2n) is 4.92. The first-order chi connectivity index (χ1) is 10.1. The van der Waals surface area contributed by atoms with Crippen molar-refractivity contribution in [1.29, 1.82) is 0 Å². The van der Waals surface area contributed by atoms with Crippen molar-refractivity contribution in [3.8, 4) is 5.69 Å². The van der Waals surface area contributed by atoms with Crippen LogP contribution in [0, 0.1) is 0 Å².